The maximum absolute atomic E-state index is 13.7. The van der Waals surface area contributed by atoms with E-state index in [1.165, 1.54) is 7.11 Å². The van der Waals surface area contributed by atoms with E-state index in [-0.39, 0.29) is 5.71 Å². The van der Waals surface area contributed by atoms with Crippen molar-refractivity contribution in [3.05, 3.63) is 64.2 Å². The Morgan fingerprint density at radius 1 is 1.17 bits per heavy atom. The predicted octanol–water partition coefficient (Wildman–Crippen LogP) is 2.47. The number of carbonyl (C=O) groups is 3. The first kappa shape index (κ1) is 19.1. The molecule has 0 unspecified atom stereocenters. The van der Waals surface area contributed by atoms with Gasteiger partial charge in [-0.25, -0.2) is 9.69 Å². The highest BCUT2D eigenvalue weighted by atomic mass is 35.5. The molecule has 0 radical (unpaired) electrons. The minimum absolute atomic E-state index is 0.131. The number of imide groups is 1. The van der Waals surface area contributed by atoms with E-state index >= 15 is 0 Å². The molecule has 2 amide bonds. The number of ether oxygens (including phenoxy) is 1. The summed E-state index contributed by atoms with van der Waals surface area (Å²) in [6.07, 6.45) is 0. The average Bonchev–Trinajstić information content (AvgIpc) is 3.21. The van der Waals surface area contributed by atoms with E-state index in [0.29, 0.717) is 16.3 Å². The third-order valence-electron chi connectivity index (χ3n) is 5.58. The molecule has 0 bridgehead atoms. The van der Waals surface area contributed by atoms with E-state index < -0.39 is 29.2 Å². The fraction of sp³-hybridized carbons (Fsp3) is 0.238. The Hall–Kier alpha value is -3.19. The first-order valence-electron chi connectivity index (χ1n) is 8.96. The van der Waals surface area contributed by atoms with Crippen molar-refractivity contribution in [1.82, 2.24) is 5.43 Å². The van der Waals surface area contributed by atoms with Crippen molar-refractivity contribution in [2.75, 3.05) is 12.0 Å². The Morgan fingerprint density at radius 3 is 2.52 bits per heavy atom. The zero-order valence-electron chi connectivity index (χ0n) is 16.0. The number of hydrazone groups is 1. The number of fused-ring (bicyclic) bond motifs is 1. The fourth-order valence-electron chi connectivity index (χ4n) is 3.90. The van der Waals surface area contributed by atoms with Gasteiger partial charge in [-0.3, -0.25) is 15.0 Å². The van der Waals surface area contributed by atoms with Crippen molar-refractivity contribution < 1.29 is 19.1 Å². The van der Waals surface area contributed by atoms with Crippen LogP contribution in [0.4, 0.5) is 5.69 Å². The van der Waals surface area contributed by atoms with Crippen molar-refractivity contribution in [3.8, 4) is 0 Å². The number of benzene rings is 2. The van der Waals surface area contributed by atoms with Gasteiger partial charge in [0.05, 0.1) is 12.8 Å². The minimum atomic E-state index is -1.54. The van der Waals surface area contributed by atoms with Gasteiger partial charge in [-0.1, -0.05) is 35.9 Å². The molecule has 2 aliphatic rings. The highest BCUT2D eigenvalue weighted by Gasteiger charge is 2.67. The molecule has 2 aromatic carbocycles. The van der Waals surface area contributed by atoms with Crippen LogP contribution in [0.15, 0.2) is 47.6 Å². The van der Waals surface area contributed by atoms with E-state index in [1.54, 1.807) is 36.4 Å². The first-order valence-corrected chi connectivity index (χ1v) is 9.34. The van der Waals surface area contributed by atoms with Crippen LogP contribution >= 0.6 is 11.6 Å². The summed E-state index contributed by atoms with van der Waals surface area (Å²) < 4.78 is 4.80. The number of hydrogen-bond acceptors (Lipinski definition) is 6. The van der Waals surface area contributed by atoms with Crippen molar-refractivity contribution >= 4 is 40.8 Å². The van der Waals surface area contributed by atoms with Gasteiger partial charge in [0.2, 0.25) is 5.91 Å². The standard InChI is InChI=1S/C21H18ClN3O4/c1-11-5-4-6-15(12(11)2)25-18(26)16-17(19(27)29-3)23-24-21(16,20(25)28)13-7-9-14(22)10-8-13/h4-10,16,24H,1-3H3/t16-,21+/m0/s1. The second-order valence-electron chi connectivity index (χ2n) is 7.05. The van der Waals surface area contributed by atoms with Crippen molar-refractivity contribution in [1.29, 1.82) is 0 Å². The Morgan fingerprint density at radius 2 is 1.86 bits per heavy atom. The topological polar surface area (TPSA) is 88.1 Å². The second-order valence-corrected chi connectivity index (χ2v) is 7.48. The quantitative estimate of drug-likeness (QED) is 0.619. The highest BCUT2D eigenvalue weighted by molar-refractivity contribution is 6.47. The molecule has 0 saturated carbocycles. The van der Waals surface area contributed by atoms with Crippen LogP contribution in [0.3, 0.4) is 0 Å². The fourth-order valence-corrected chi connectivity index (χ4v) is 4.03. The molecule has 8 heteroatoms. The lowest BCUT2D eigenvalue weighted by atomic mass is 9.79. The van der Waals surface area contributed by atoms with E-state index in [0.717, 1.165) is 16.0 Å². The number of carbonyl (C=O) groups excluding carboxylic acids is 3. The summed E-state index contributed by atoms with van der Waals surface area (Å²) in [7, 11) is 1.21. The van der Waals surface area contributed by atoms with Gasteiger partial charge in [0.15, 0.2) is 11.3 Å². The summed E-state index contributed by atoms with van der Waals surface area (Å²) >= 11 is 6.00. The van der Waals surface area contributed by atoms with E-state index in [2.05, 4.69) is 10.5 Å². The third kappa shape index (κ3) is 2.57. The second kappa shape index (κ2) is 6.70. The molecular formula is C21H18ClN3O4. The molecule has 29 heavy (non-hydrogen) atoms. The Labute approximate surface area is 172 Å². The molecule has 148 valence electrons. The van der Waals surface area contributed by atoms with Crippen molar-refractivity contribution in [2.24, 2.45) is 11.0 Å². The van der Waals surface area contributed by atoms with Gasteiger partial charge in [0.25, 0.3) is 5.91 Å². The third-order valence-corrected chi connectivity index (χ3v) is 5.83. The van der Waals surface area contributed by atoms with Crippen molar-refractivity contribution in [2.45, 2.75) is 19.4 Å². The first-order chi connectivity index (χ1) is 13.8. The molecule has 0 aliphatic carbocycles. The predicted molar refractivity (Wildman–Crippen MR) is 108 cm³/mol. The summed E-state index contributed by atoms with van der Waals surface area (Å²) in [5, 5.41) is 4.50. The number of hydrogen-bond donors (Lipinski definition) is 1. The van der Waals surface area contributed by atoms with E-state index in [4.69, 9.17) is 16.3 Å². The zero-order chi connectivity index (χ0) is 20.9. The monoisotopic (exact) mass is 411 g/mol. The molecule has 7 nitrogen and oxygen atoms in total. The van der Waals surface area contributed by atoms with Crippen LogP contribution in [0.1, 0.15) is 16.7 Å². The molecule has 1 fully saturated rings. The summed E-state index contributed by atoms with van der Waals surface area (Å²) in [6.45, 7) is 3.75. The number of rotatable bonds is 3. The number of nitrogens with zero attached hydrogens (tertiary/aromatic N) is 2. The van der Waals surface area contributed by atoms with E-state index in [1.807, 2.05) is 19.9 Å². The summed E-state index contributed by atoms with van der Waals surface area (Å²) in [4.78, 5) is 40.6. The van der Waals surface area contributed by atoms with Crippen LogP contribution in [0.25, 0.3) is 0 Å². The van der Waals surface area contributed by atoms with Crippen LogP contribution < -0.4 is 10.3 Å². The van der Waals surface area contributed by atoms with Crippen LogP contribution in [-0.2, 0) is 24.7 Å². The number of amides is 2. The normalized spacial score (nSPS) is 23.0. The van der Waals surface area contributed by atoms with Gasteiger partial charge in [-0.2, -0.15) is 5.10 Å². The van der Waals surface area contributed by atoms with Gasteiger partial charge in [-0.05, 0) is 48.7 Å². The summed E-state index contributed by atoms with van der Waals surface area (Å²) in [6, 6.07) is 11.9. The molecule has 2 aliphatic heterocycles. The molecule has 0 aromatic heterocycles. The van der Waals surface area contributed by atoms with E-state index in [9.17, 15) is 14.4 Å². The lowest BCUT2D eigenvalue weighted by molar-refractivity contribution is -0.133. The number of aryl methyl sites for hydroxylation is 1. The van der Waals surface area contributed by atoms with Gasteiger partial charge in [-0.15, -0.1) is 0 Å². The average molecular weight is 412 g/mol. The Balaban J connectivity index is 1.92. The number of methoxy groups -OCH3 is 1. The largest absolute Gasteiger partial charge is 0.464 e. The van der Waals surface area contributed by atoms with Crippen LogP contribution in [0.2, 0.25) is 5.02 Å². The zero-order valence-corrected chi connectivity index (χ0v) is 16.8. The number of esters is 1. The van der Waals surface area contributed by atoms with Gasteiger partial charge >= 0.3 is 5.97 Å². The lowest BCUT2D eigenvalue weighted by Crippen LogP contribution is -2.48. The van der Waals surface area contributed by atoms with Gasteiger partial charge in [0.1, 0.15) is 5.92 Å². The minimum Gasteiger partial charge on any atom is -0.464 e. The maximum atomic E-state index is 13.7. The Bertz CT molecular complexity index is 1080. The Kier molecular flexibility index (Phi) is 4.42. The van der Waals surface area contributed by atoms with Crippen LogP contribution in [0.5, 0.6) is 0 Å². The number of halogens is 1. The van der Waals surface area contributed by atoms with Crippen LogP contribution in [0, 0.1) is 19.8 Å². The summed E-state index contributed by atoms with van der Waals surface area (Å²) in [5.41, 5.74) is 3.82. The molecule has 1 N–H and O–H groups in total. The van der Waals surface area contributed by atoms with Crippen molar-refractivity contribution in [3.63, 3.8) is 0 Å². The molecule has 2 heterocycles. The molecule has 2 aromatic rings. The lowest BCUT2D eigenvalue weighted by Gasteiger charge is -2.26. The SMILES string of the molecule is COC(=O)C1=NN[C@@]2(c3ccc(Cl)cc3)C(=O)N(c3cccc(C)c3C)C(=O)[C@H]12. The molecule has 1 saturated heterocycles. The number of nitrogens with one attached hydrogen (secondary N) is 1. The molecule has 2 atom stereocenters. The van der Waals surface area contributed by atoms with Gasteiger partial charge in [0, 0.05) is 5.02 Å². The van der Waals surface area contributed by atoms with Crippen LogP contribution in [-0.4, -0.2) is 30.6 Å². The molecular weight excluding hydrogens is 394 g/mol. The number of anilines is 1. The maximum Gasteiger partial charge on any atom is 0.355 e. The molecule has 4 rings (SSSR count). The summed E-state index contributed by atoms with van der Waals surface area (Å²) in [5.74, 6) is -2.95. The molecule has 0 spiro atoms. The smallest absolute Gasteiger partial charge is 0.355 e. The van der Waals surface area contributed by atoms with Gasteiger partial charge < -0.3 is 4.74 Å². The highest BCUT2D eigenvalue weighted by Crippen LogP contribution is 2.45.